The van der Waals surface area contributed by atoms with Crippen molar-refractivity contribution in [2.45, 2.75) is 0 Å². The molecule has 0 bridgehead atoms. The Balaban J connectivity index is 1.28. The lowest BCUT2D eigenvalue weighted by Crippen LogP contribution is -1.92. The molecule has 0 N–H and O–H groups in total. The van der Waals surface area contributed by atoms with E-state index in [1.54, 1.807) is 12.1 Å². The van der Waals surface area contributed by atoms with Gasteiger partial charge in [-0.05, 0) is 107 Å². The van der Waals surface area contributed by atoms with Crippen molar-refractivity contribution in [3.63, 3.8) is 0 Å². The van der Waals surface area contributed by atoms with Crippen LogP contribution in [-0.2, 0) is 0 Å². The highest BCUT2D eigenvalue weighted by molar-refractivity contribution is 6.26. The monoisotopic (exact) mass is 632 g/mol. The average molecular weight is 633 g/mol. The highest BCUT2D eigenvalue weighted by Crippen LogP contribution is 2.48. The van der Waals surface area contributed by atoms with Gasteiger partial charge in [0.15, 0.2) is 0 Å². The van der Waals surface area contributed by atoms with Gasteiger partial charge in [0.1, 0.15) is 11.2 Å². The summed E-state index contributed by atoms with van der Waals surface area (Å²) in [4.78, 5) is 0. The molecule has 0 saturated heterocycles. The van der Waals surface area contributed by atoms with Gasteiger partial charge < -0.3 is 4.42 Å². The van der Waals surface area contributed by atoms with E-state index in [1.807, 2.05) is 72.8 Å². The largest absolute Gasteiger partial charge is 0.456 e. The number of hydrogen-bond donors (Lipinski definition) is 0. The van der Waals surface area contributed by atoms with E-state index in [9.17, 15) is 0 Å². The van der Waals surface area contributed by atoms with Crippen LogP contribution in [0.15, 0.2) is 186 Å². The Morgan fingerprint density at radius 1 is 0.367 bits per heavy atom. The smallest absolute Gasteiger partial charge is 0.136 e. The number of rotatable bonds is 4. The van der Waals surface area contributed by atoms with Gasteiger partial charge in [-0.1, -0.05) is 151 Å². The van der Waals surface area contributed by atoms with E-state index in [1.165, 1.54) is 0 Å². The maximum atomic E-state index is 8.91. The number of furan rings is 1. The van der Waals surface area contributed by atoms with Crippen molar-refractivity contribution < 1.29 is 18.1 Å². The molecule has 0 atom stereocenters. The second-order valence-corrected chi connectivity index (χ2v) is 12.1. The summed E-state index contributed by atoms with van der Waals surface area (Å²) in [5.74, 6) is 0. The van der Waals surface area contributed by atoms with E-state index < -0.39 is 36.3 Å². The molecule has 0 spiro atoms. The minimum Gasteiger partial charge on any atom is -0.456 e. The first-order chi connectivity index (χ1) is 28.5. The Labute approximate surface area is 298 Å². The fraction of sp³-hybridized carbons (Fsp3) is 0. The fourth-order valence-electron chi connectivity index (χ4n) is 7.36. The predicted octanol–water partition coefficient (Wildman–Crippen LogP) is 13.7. The first-order valence-corrected chi connectivity index (χ1v) is 16.0. The second kappa shape index (κ2) is 11.1. The van der Waals surface area contributed by atoms with E-state index in [2.05, 4.69) is 36.4 Å². The van der Waals surface area contributed by atoms with Crippen molar-refractivity contribution in [2.24, 2.45) is 0 Å². The summed E-state index contributed by atoms with van der Waals surface area (Å²) < 4.78 is 91.5. The van der Waals surface area contributed by atoms with Crippen molar-refractivity contribution in [1.82, 2.24) is 0 Å². The minimum atomic E-state index is -0.447. The van der Waals surface area contributed by atoms with Gasteiger partial charge >= 0.3 is 0 Å². The zero-order valence-corrected chi connectivity index (χ0v) is 26.0. The van der Waals surface area contributed by atoms with Gasteiger partial charge in [0.2, 0.25) is 0 Å². The van der Waals surface area contributed by atoms with Gasteiger partial charge in [0.05, 0.1) is 13.7 Å². The molecule has 10 aromatic rings. The maximum Gasteiger partial charge on any atom is 0.136 e. The molecule has 0 aliphatic rings. The molecule has 1 aromatic heterocycles. The molecule has 0 saturated carbocycles. The summed E-state index contributed by atoms with van der Waals surface area (Å²) >= 11 is 0. The van der Waals surface area contributed by atoms with E-state index in [0.717, 1.165) is 65.3 Å². The van der Waals surface area contributed by atoms with Crippen LogP contribution in [0.5, 0.6) is 0 Å². The third-order valence-corrected chi connectivity index (χ3v) is 9.40. The summed E-state index contributed by atoms with van der Waals surface area (Å²) in [5, 5.41) is 6.94. The van der Waals surface area contributed by atoms with Crippen molar-refractivity contribution in [3.05, 3.63) is 182 Å². The molecule has 49 heavy (non-hydrogen) atoms. The zero-order chi connectivity index (χ0) is 41.0. The van der Waals surface area contributed by atoms with Gasteiger partial charge in [-0.3, -0.25) is 0 Å². The van der Waals surface area contributed by atoms with Gasteiger partial charge in [0.25, 0.3) is 0 Å². The second-order valence-electron chi connectivity index (χ2n) is 12.1. The molecule has 1 heterocycles. The Morgan fingerprint density at radius 3 is 1.67 bits per heavy atom. The van der Waals surface area contributed by atoms with E-state index in [4.69, 9.17) is 18.1 Å². The normalized spacial score (nSPS) is 14.5. The number of benzene rings is 9. The molecule has 0 unspecified atom stereocenters. The van der Waals surface area contributed by atoms with Crippen LogP contribution in [0.2, 0.25) is 0 Å². The van der Waals surface area contributed by atoms with E-state index in [0.29, 0.717) is 22.3 Å². The standard InChI is InChI=1S/C48H30O/c1-3-14-31(15-4-1)33-26-27-44-43(29-33)48-41(24-13-25-45(48)49-44)47-39-22-11-9-20-37(39)46(38-21-10-12-23-40(38)47)35-28-34-18-7-8-19-36(34)42(30-35)32-16-5-2-6-17-32/h1-30H/i1D,2D,3D,4D,5D,6D,14D,15D,16D,17D. The van der Waals surface area contributed by atoms with Crippen LogP contribution in [0.25, 0.3) is 98.8 Å². The molecular weight excluding hydrogens is 593 g/mol. The molecule has 0 radical (unpaired) electrons. The predicted molar refractivity (Wildman–Crippen MR) is 208 cm³/mol. The van der Waals surface area contributed by atoms with Gasteiger partial charge in [0, 0.05) is 10.8 Å². The molecule has 228 valence electrons. The van der Waals surface area contributed by atoms with Gasteiger partial charge in [-0.2, -0.15) is 0 Å². The summed E-state index contributed by atoms with van der Waals surface area (Å²) in [7, 11) is 0. The van der Waals surface area contributed by atoms with Crippen LogP contribution >= 0.6 is 0 Å². The van der Waals surface area contributed by atoms with Crippen molar-refractivity contribution in [2.75, 3.05) is 0 Å². The van der Waals surface area contributed by atoms with Crippen LogP contribution in [-0.4, -0.2) is 0 Å². The lowest BCUT2D eigenvalue weighted by Gasteiger charge is -2.19. The summed E-state index contributed by atoms with van der Waals surface area (Å²) in [6.45, 7) is 0. The first kappa shape index (κ1) is 19.4. The van der Waals surface area contributed by atoms with Gasteiger partial charge in [-0.25, -0.2) is 0 Å². The van der Waals surface area contributed by atoms with Crippen molar-refractivity contribution >= 4 is 54.3 Å². The molecule has 0 aliphatic heterocycles. The summed E-state index contributed by atoms with van der Waals surface area (Å²) in [6.07, 6.45) is 0. The highest BCUT2D eigenvalue weighted by Gasteiger charge is 2.21. The Kier molecular flexibility index (Phi) is 4.39. The molecular formula is C48H30O. The first-order valence-electron chi connectivity index (χ1n) is 21.0. The van der Waals surface area contributed by atoms with Gasteiger partial charge in [-0.15, -0.1) is 0 Å². The lowest BCUT2D eigenvalue weighted by molar-refractivity contribution is 0.669. The average Bonchev–Trinajstić information content (AvgIpc) is 3.64. The minimum absolute atomic E-state index is 0.114. The molecule has 9 aromatic carbocycles. The third kappa shape index (κ3) is 4.40. The third-order valence-electron chi connectivity index (χ3n) is 9.40. The summed E-state index contributed by atoms with van der Waals surface area (Å²) in [6, 6.07) is 35.7. The van der Waals surface area contributed by atoms with E-state index >= 15 is 0 Å². The highest BCUT2D eigenvalue weighted by atomic mass is 16.3. The summed E-state index contributed by atoms with van der Waals surface area (Å²) in [5.41, 5.74) is 6.07. The van der Waals surface area contributed by atoms with Crippen LogP contribution in [0.1, 0.15) is 13.7 Å². The van der Waals surface area contributed by atoms with Crippen LogP contribution < -0.4 is 0 Å². The van der Waals surface area contributed by atoms with Crippen LogP contribution in [0, 0.1) is 0 Å². The quantitative estimate of drug-likeness (QED) is 0.176. The van der Waals surface area contributed by atoms with Crippen molar-refractivity contribution in [1.29, 1.82) is 0 Å². The molecule has 0 fully saturated rings. The number of fused-ring (bicyclic) bond motifs is 6. The molecule has 1 nitrogen and oxygen atoms in total. The SMILES string of the molecule is [2H]c1c([2H])c([2H])c(-c2ccc3oc4cccc(-c5c6ccccc6c(-c6cc(-c7c([2H])c([2H])c([2H])c([2H])c7[2H])c7ccccc7c6)c6ccccc56)c4c3c2)c([2H])c1[2H]. The Bertz CT molecular complexity index is 3350. The van der Waals surface area contributed by atoms with Crippen molar-refractivity contribution in [3.8, 4) is 44.5 Å². The fourth-order valence-corrected chi connectivity index (χ4v) is 7.36. The number of hydrogen-bond acceptors (Lipinski definition) is 1. The maximum absolute atomic E-state index is 8.91. The molecule has 0 aliphatic carbocycles. The topological polar surface area (TPSA) is 13.1 Å². The Hall–Kier alpha value is -6.44. The molecule has 10 rings (SSSR count). The molecule has 0 amide bonds. The van der Waals surface area contributed by atoms with Crippen LogP contribution in [0.3, 0.4) is 0 Å². The molecule has 1 heteroatoms. The Morgan fingerprint density at radius 2 is 0.980 bits per heavy atom. The lowest BCUT2D eigenvalue weighted by atomic mass is 9.83. The zero-order valence-electron chi connectivity index (χ0n) is 36.0. The van der Waals surface area contributed by atoms with Crippen LogP contribution in [0.4, 0.5) is 0 Å². The van der Waals surface area contributed by atoms with E-state index in [-0.39, 0.29) is 35.3 Å².